The predicted octanol–water partition coefficient (Wildman–Crippen LogP) is 3.65. The lowest BCUT2D eigenvalue weighted by Crippen LogP contribution is -2.42. The van der Waals surface area contributed by atoms with Gasteiger partial charge in [0, 0.05) is 12.7 Å². The number of carbonyl (C=O) groups is 3. The minimum atomic E-state index is -1.28. The van der Waals surface area contributed by atoms with E-state index < -0.39 is 23.4 Å². The molecule has 0 spiro atoms. The minimum Gasteiger partial charge on any atom is -0.370 e. The number of anilines is 1. The molecular formula is C32H34N6O4. The Kier molecular flexibility index (Phi) is 10.1. The summed E-state index contributed by atoms with van der Waals surface area (Å²) in [5.74, 6) is -1.41. The van der Waals surface area contributed by atoms with Crippen LogP contribution in [0.2, 0.25) is 0 Å². The molecule has 10 heteroatoms. The molecule has 3 amide bonds. The van der Waals surface area contributed by atoms with E-state index in [0.717, 1.165) is 16.7 Å². The van der Waals surface area contributed by atoms with Gasteiger partial charge >= 0.3 is 0 Å². The fourth-order valence-electron chi connectivity index (χ4n) is 3.96. The second-order valence-corrected chi connectivity index (χ2v) is 10.2. The highest BCUT2D eigenvalue weighted by Crippen LogP contribution is 2.21. The Bertz CT molecular complexity index is 1510. The number of amides is 3. The number of carbonyl (C=O) groups excluding carboxylic acids is 3. The van der Waals surface area contributed by atoms with E-state index in [4.69, 9.17) is 10.5 Å². The minimum absolute atomic E-state index is 0.149. The first-order chi connectivity index (χ1) is 20.2. The maximum absolute atomic E-state index is 13.4. The van der Waals surface area contributed by atoms with Crippen molar-refractivity contribution in [1.29, 1.82) is 0 Å². The van der Waals surface area contributed by atoms with Gasteiger partial charge in [0.05, 0.1) is 25.1 Å². The Balaban J connectivity index is 1.50. The second kappa shape index (κ2) is 14.1. The highest BCUT2D eigenvalue weighted by atomic mass is 16.5. The maximum atomic E-state index is 13.4. The molecule has 0 fully saturated rings. The topological polar surface area (TPSA) is 141 Å². The Morgan fingerprint density at radius 1 is 0.929 bits per heavy atom. The Morgan fingerprint density at radius 2 is 1.52 bits per heavy atom. The van der Waals surface area contributed by atoms with E-state index in [-0.39, 0.29) is 30.7 Å². The average molecular weight is 567 g/mol. The molecule has 0 aliphatic carbocycles. The molecule has 0 aliphatic heterocycles. The fraction of sp³-hybridized carbons (Fsp3) is 0.219. The van der Waals surface area contributed by atoms with Gasteiger partial charge in [-0.15, -0.1) is 0 Å². The summed E-state index contributed by atoms with van der Waals surface area (Å²) in [6.07, 6.45) is 3.01. The SMILES string of the molecule is CC(C)(N)C(=O)N=C(COCc1ccccc1)C(=O)Nc1cn(C(C(=O)NCc2ccccc2)c2ccccc2)cn1. The number of ether oxygens (including phenoxy) is 1. The van der Waals surface area contributed by atoms with E-state index in [1.807, 2.05) is 91.0 Å². The van der Waals surface area contributed by atoms with Crippen LogP contribution in [0.4, 0.5) is 5.82 Å². The first kappa shape index (κ1) is 30.0. The molecule has 0 aliphatic rings. The Labute approximate surface area is 244 Å². The van der Waals surface area contributed by atoms with Gasteiger partial charge in [0.25, 0.3) is 11.8 Å². The summed E-state index contributed by atoms with van der Waals surface area (Å²) in [6, 6.07) is 27.5. The normalized spacial score (nSPS) is 12.4. The summed E-state index contributed by atoms with van der Waals surface area (Å²) in [4.78, 5) is 47.4. The van der Waals surface area contributed by atoms with Gasteiger partial charge in [0.15, 0.2) is 5.82 Å². The van der Waals surface area contributed by atoms with Crippen molar-refractivity contribution in [3.63, 3.8) is 0 Å². The van der Waals surface area contributed by atoms with Gasteiger partial charge in [-0.1, -0.05) is 91.0 Å². The van der Waals surface area contributed by atoms with E-state index in [1.165, 1.54) is 20.2 Å². The van der Waals surface area contributed by atoms with Crippen LogP contribution in [-0.2, 0) is 32.3 Å². The standard InChI is InChI=1S/C32H34N6O4/c1-32(2,33)31(41)36-26(21-42-20-24-14-8-4-9-15-24)29(39)37-27-19-38(22-35-27)28(25-16-10-5-11-17-25)30(40)34-18-23-12-6-3-7-13-23/h3-17,19,22,28H,18,20-21,33H2,1-2H3,(H,34,40)(H,37,39). The molecule has 3 aromatic carbocycles. The molecule has 0 bridgehead atoms. The molecule has 0 radical (unpaired) electrons. The second-order valence-electron chi connectivity index (χ2n) is 10.2. The molecular weight excluding hydrogens is 532 g/mol. The number of nitrogens with two attached hydrogens (primary N) is 1. The summed E-state index contributed by atoms with van der Waals surface area (Å²) in [5, 5.41) is 5.64. The largest absolute Gasteiger partial charge is 0.370 e. The zero-order chi connectivity index (χ0) is 30.0. The summed E-state index contributed by atoms with van der Waals surface area (Å²) in [6.45, 7) is 3.37. The van der Waals surface area contributed by atoms with Crippen LogP contribution in [0.1, 0.15) is 36.6 Å². The van der Waals surface area contributed by atoms with Gasteiger partial charge < -0.3 is 25.7 Å². The average Bonchev–Trinajstić information content (AvgIpc) is 3.44. The van der Waals surface area contributed by atoms with E-state index in [1.54, 1.807) is 10.8 Å². The molecule has 42 heavy (non-hydrogen) atoms. The monoisotopic (exact) mass is 566 g/mol. The number of hydrogen-bond donors (Lipinski definition) is 3. The van der Waals surface area contributed by atoms with Crippen LogP contribution >= 0.6 is 0 Å². The number of benzene rings is 3. The van der Waals surface area contributed by atoms with Gasteiger partial charge in [-0.25, -0.2) is 9.98 Å². The van der Waals surface area contributed by atoms with Crippen LogP contribution in [-0.4, -0.2) is 45.1 Å². The van der Waals surface area contributed by atoms with E-state index in [0.29, 0.717) is 6.54 Å². The molecule has 4 aromatic rings. The molecule has 1 aromatic heterocycles. The molecule has 0 saturated carbocycles. The van der Waals surface area contributed by atoms with Crippen molar-refractivity contribution in [2.45, 2.75) is 38.6 Å². The zero-order valence-corrected chi connectivity index (χ0v) is 23.6. The van der Waals surface area contributed by atoms with Crippen LogP contribution in [0.5, 0.6) is 0 Å². The van der Waals surface area contributed by atoms with Crippen molar-refractivity contribution in [3.05, 3.63) is 120 Å². The molecule has 1 heterocycles. The van der Waals surface area contributed by atoms with E-state index in [2.05, 4.69) is 20.6 Å². The predicted molar refractivity (Wildman–Crippen MR) is 161 cm³/mol. The van der Waals surface area contributed by atoms with E-state index in [9.17, 15) is 14.4 Å². The quantitative estimate of drug-likeness (QED) is 0.224. The summed E-state index contributed by atoms with van der Waals surface area (Å²) < 4.78 is 7.30. The number of nitrogens with one attached hydrogen (secondary N) is 2. The lowest BCUT2D eigenvalue weighted by molar-refractivity contribution is -0.123. The molecule has 216 valence electrons. The fourth-order valence-corrected chi connectivity index (χ4v) is 3.96. The first-order valence-corrected chi connectivity index (χ1v) is 13.4. The molecule has 0 saturated heterocycles. The molecule has 10 nitrogen and oxygen atoms in total. The zero-order valence-electron chi connectivity index (χ0n) is 23.6. The number of aliphatic imine (C=N–C) groups is 1. The number of aromatic nitrogens is 2. The Hall–Kier alpha value is -4.93. The van der Waals surface area contributed by atoms with Gasteiger partial charge in [-0.2, -0.15) is 0 Å². The van der Waals surface area contributed by atoms with Crippen LogP contribution in [0, 0.1) is 0 Å². The van der Waals surface area contributed by atoms with Gasteiger partial charge in [-0.05, 0) is 30.5 Å². The smallest absolute Gasteiger partial charge is 0.273 e. The summed E-state index contributed by atoms with van der Waals surface area (Å²) >= 11 is 0. The number of hydrogen-bond acceptors (Lipinski definition) is 6. The number of rotatable bonds is 12. The lowest BCUT2D eigenvalue weighted by atomic mass is 10.1. The third-order valence-corrected chi connectivity index (χ3v) is 6.21. The number of nitrogens with zero attached hydrogens (tertiary/aromatic N) is 3. The van der Waals surface area contributed by atoms with Crippen molar-refractivity contribution in [2.75, 3.05) is 11.9 Å². The van der Waals surface area contributed by atoms with Gasteiger partial charge in [-0.3, -0.25) is 14.4 Å². The molecule has 1 unspecified atom stereocenters. The molecule has 4 rings (SSSR count). The summed E-state index contributed by atoms with van der Waals surface area (Å²) in [7, 11) is 0. The third-order valence-electron chi connectivity index (χ3n) is 6.21. The third kappa shape index (κ3) is 8.53. The van der Waals surface area contributed by atoms with Crippen molar-refractivity contribution >= 4 is 29.3 Å². The van der Waals surface area contributed by atoms with Crippen molar-refractivity contribution in [3.8, 4) is 0 Å². The molecule has 1 atom stereocenters. The highest BCUT2D eigenvalue weighted by molar-refractivity contribution is 6.45. The van der Waals surface area contributed by atoms with Crippen LogP contribution in [0.15, 0.2) is 109 Å². The van der Waals surface area contributed by atoms with Crippen molar-refractivity contribution < 1.29 is 19.1 Å². The van der Waals surface area contributed by atoms with Crippen LogP contribution in [0.25, 0.3) is 0 Å². The van der Waals surface area contributed by atoms with Crippen molar-refractivity contribution in [1.82, 2.24) is 14.9 Å². The summed E-state index contributed by atoms with van der Waals surface area (Å²) in [5.41, 5.74) is 7.08. The van der Waals surface area contributed by atoms with Crippen LogP contribution in [0.3, 0.4) is 0 Å². The first-order valence-electron chi connectivity index (χ1n) is 13.4. The van der Waals surface area contributed by atoms with Crippen LogP contribution < -0.4 is 16.4 Å². The Morgan fingerprint density at radius 3 is 2.14 bits per heavy atom. The highest BCUT2D eigenvalue weighted by Gasteiger charge is 2.26. The van der Waals surface area contributed by atoms with Gasteiger partial charge in [0.1, 0.15) is 11.8 Å². The number of imidazole rings is 1. The van der Waals surface area contributed by atoms with Gasteiger partial charge in [0.2, 0.25) is 5.91 Å². The van der Waals surface area contributed by atoms with Crippen molar-refractivity contribution in [2.24, 2.45) is 10.7 Å². The van der Waals surface area contributed by atoms with E-state index >= 15 is 0 Å². The maximum Gasteiger partial charge on any atom is 0.273 e. The molecule has 4 N–H and O–H groups in total. The lowest BCUT2D eigenvalue weighted by Gasteiger charge is -2.18.